The van der Waals surface area contributed by atoms with Crippen LogP contribution in [-0.2, 0) is 6.54 Å². The summed E-state index contributed by atoms with van der Waals surface area (Å²) in [7, 11) is 0. The topological polar surface area (TPSA) is 86.5 Å². The summed E-state index contributed by atoms with van der Waals surface area (Å²) in [4.78, 5) is 8.82. The van der Waals surface area contributed by atoms with Crippen LogP contribution in [0.5, 0.6) is 11.5 Å². The van der Waals surface area contributed by atoms with Crippen molar-refractivity contribution < 1.29 is 13.9 Å². The first-order valence-corrected chi connectivity index (χ1v) is 10.8. The number of benzene rings is 1. The van der Waals surface area contributed by atoms with E-state index < -0.39 is 0 Å². The van der Waals surface area contributed by atoms with Gasteiger partial charge >= 0.3 is 0 Å². The minimum absolute atomic E-state index is 0.0365. The molecule has 0 unspecified atom stereocenters. The third-order valence-electron chi connectivity index (χ3n) is 6.52. The summed E-state index contributed by atoms with van der Waals surface area (Å²) in [6.45, 7) is 1.16. The van der Waals surface area contributed by atoms with Crippen LogP contribution in [0.15, 0.2) is 37.1 Å². The zero-order valence-corrected chi connectivity index (χ0v) is 17.1. The van der Waals surface area contributed by atoms with Crippen LogP contribution in [-0.4, -0.2) is 37.8 Å². The van der Waals surface area contributed by atoms with E-state index in [0.717, 1.165) is 41.0 Å². The first kappa shape index (κ1) is 17.9. The maximum Gasteiger partial charge on any atom is 0.170 e. The van der Waals surface area contributed by atoms with E-state index in [4.69, 9.17) is 9.47 Å². The molecule has 1 aliphatic carbocycles. The second-order valence-corrected chi connectivity index (χ2v) is 8.50. The standard InChI is InChI=1S/C23H19FN6O2/c24-17-3-4-18-20-13(8-31-18)9-32-19-5-14(15-6-25-10-27-21(15)12-1-2-12)22-29-28-11-30(22)23(19)26-7-16(17)20/h3-6,10-13,26H,1-2,7-9H2/t13-/m0/s1. The van der Waals surface area contributed by atoms with Gasteiger partial charge in [-0.15, -0.1) is 10.2 Å². The summed E-state index contributed by atoms with van der Waals surface area (Å²) in [5, 5.41) is 11.9. The fraction of sp³-hybridized carbons (Fsp3) is 0.304. The Kier molecular flexibility index (Phi) is 3.70. The molecule has 8 nitrogen and oxygen atoms in total. The number of hydrogen-bond acceptors (Lipinski definition) is 7. The van der Waals surface area contributed by atoms with Gasteiger partial charge in [-0.05, 0) is 31.0 Å². The molecule has 2 aliphatic heterocycles. The molecule has 32 heavy (non-hydrogen) atoms. The molecule has 9 heteroatoms. The van der Waals surface area contributed by atoms with Crippen molar-refractivity contribution in [1.82, 2.24) is 24.6 Å². The van der Waals surface area contributed by atoms with Gasteiger partial charge < -0.3 is 14.8 Å². The third kappa shape index (κ3) is 2.60. The highest BCUT2D eigenvalue weighted by molar-refractivity contribution is 5.83. The first-order valence-electron chi connectivity index (χ1n) is 10.8. The molecule has 0 spiro atoms. The average Bonchev–Trinajstić information content (AvgIpc) is 3.37. The summed E-state index contributed by atoms with van der Waals surface area (Å²) in [6, 6.07) is 5.13. The molecule has 0 saturated heterocycles. The molecule has 4 aromatic rings. The van der Waals surface area contributed by atoms with E-state index in [0.29, 0.717) is 48.5 Å². The Labute approximate surface area is 182 Å². The van der Waals surface area contributed by atoms with Crippen LogP contribution in [0.4, 0.5) is 10.2 Å². The molecule has 1 fully saturated rings. The number of nitrogens with zero attached hydrogens (tertiary/aromatic N) is 5. The Morgan fingerprint density at radius 2 is 1.94 bits per heavy atom. The zero-order chi connectivity index (χ0) is 21.2. The van der Waals surface area contributed by atoms with Gasteiger partial charge in [0, 0.05) is 40.9 Å². The molecule has 3 aromatic heterocycles. The van der Waals surface area contributed by atoms with Crippen molar-refractivity contribution >= 4 is 11.5 Å². The Hall–Kier alpha value is -3.75. The van der Waals surface area contributed by atoms with Crippen LogP contribution < -0.4 is 14.8 Å². The second kappa shape index (κ2) is 6.62. The molecule has 160 valence electrons. The van der Waals surface area contributed by atoms with Crippen LogP contribution >= 0.6 is 0 Å². The normalized spacial score (nSPS) is 19.1. The number of halogens is 1. The lowest BCUT2D eigenvalue weighted by atomic mass is 9.96. The number of anilines is 1. The molecule has 1 aromatic carbocycles. The summed E-state index contributed by atoms with van der Waals surface area (Å²) in [6.07, 6.45) is 7.33. The van der Waals surface area contributed by atoms with E-state index in [1.165, 1.54) is 6.07 Å². The quantitative estimate of drug-likeness (QED) is 0.519. The smallest absolute Gasteiger partial charge is 0.170 e. The second-order valence-electron chi connectivity index (χ2n) is 8.50. The van der Waals surface area contributed by atoms with Gasteiger partial charge in [0.05, 0.1) is 24.8 Å². The number of ether oxygens (including phenoxy) is 2. The fourth-order valence-corrected chi connectivity index (χ4v) is 4.81. The Morgan fingerprint density at radius 3 is 2.81 bits per heavy atom. The van der Waals surface area contributed by atoms with E-state index in [-0.39, 0.29) is 11.7 Å². The van der Waals surface area contributed by atoms with Gasteiger partial charge in [-0.1, -0.05) is 0 Å². The predicted molar refractivity (Wildman–Crippen MR) is 113 cm³/mol. The maximum absolute atomic E-state index is 14.8. The number of hydrogen-bond donors (Lipinski definition) is 1. The van der Waals surface area contributed by atoms with Crippen molar-refractivity contribution in [3.8, 4) is 22.6 Å². The molecule has 0 radical (unpaired) electrons. The largest absolute Gasteiger partial charge is 0.493 e. The number of fused-ring (bicyclic) bond motifs is 3. The van der Waals surface area contributed by atoms with Crippen molar-refractivity contribution in [2.75, 3.05) is 18.5 Å². The van der Waals surface area contributed by atoms with Gasteiger partial charge in [0.1, 0.15) is 24.2 Å². The van der Waals surface area contributed by atoms with Crippen molar-refractivity contribution in [3.05, 3.63) is 59.7 Å². The van der Waals surface area contributed by atoms with Gasteiger partial charge in [-0.25, -0.2) is 14.4 Å². The Morgan fingerprint density at radius 1 is 1.06 bits per heavy atom. The minimum Gasteiger partial charge on any atom is -0.493 e. The van der Waals surface area contributed by atoms with Crippen LogP contribution in [0, 0.1) is 5.82 Å². The molecule has 7 rings (SSSR count). The average molecular weight is 430 g/mol. The van der Waals surface area contributed by atoms with Crippen molar-refractivity contribution in [1.29, 1.82) is 0 Å². The fourth-order valence-electron chi connectivity index (χ4n) is 4.81. The van der Waals surface area contributed by atoms with E-state index in [9.17, 15) is 4.39 Å². The maximum atomic E-state index is 14.8. The number of pyridine rings is 1. The number of nitrogens with one attached hydrogen (secondary N) is 1. The van der Waals surface area contributed by atoms with Gasteiger partial charge in [-0.3, -0.25) is 4.40 Å². The van der Waals surface area contributed by atoms with Crippen LogP contribution in [0.2, 0.25) is 0 Å². The SMILES string of the molecule is Fc1ccc2c3c1CNc1c(cc(-c4cncnc4C4CC4)c4nncn14)OC[C@@H]3CO2. The highest BCUT2D eigenvalue weighted by Gasteiger charge is 2.33. The summed E-state index contributed by atoms with van der Waals surface area (Å²) < 4.78 is 28.7. The molecule has 5 heterocycles. The molecular formula is C23H19FN6O2. The van der Waals surface area contributed by atoms with E-state index in [2.05, 4.69) is 25.5 Å². The van der Waals surface area contributed by atoms with Crippen LogP contribution in [0.1, 0.15) is 41.5 Å². The molecular weight excluding hydrogens is 411 g/mol. The number of aromatic nitrogens is 5. The van der Waals surface area contributed by atoms with Gasteiger partial charge in [-0.2, -0.15) is 0 Å². The van der Waals surface area contributed by atoms with Gasteiger partial charge in [0.25, 0.3) is 0 Å². The van der Waals surface area contributed by atoms with E-state index in [1.54, 1.807) is 18.7 Å². The van der Waals surface area contributed by atoms with Crippen molar-refractivity contribution in [2.24, 2.45) is 0 Å². The predicted octanol–water partition coefficient (Wildman–Crippen LogP) is 3.68. The molecule has 0 bridgehead atoms. The lowest BCUT2D eigenvalue weighted by molar-refractivity contribution is 0.249. The summed E-state index contributed by atoms with van der Waals surface area (Å²) in [5.74, 6) is 2.24. The lowest BCUT2D eigenvalue weighted by Crippen LogP contribution is -2.13. The Balaban J connectivity index is 1.40. The van der Waals surface area contributed by atoms with Gasteiger partial charge in [0.2, 0.25) is 0 Å². The zero-order valence-electron chi connectivity index (χ0n) is 17.1. The number of rotatable bonds is 2. The first-order chi connectivity index (χ1) is 15.8. The summed E-state index contributed by atoms with van der Waals surface area (Å²) in [5.41, 5.74) is 5.02. The van der Waals surface area contributed by atoms with Crippen molar-refractivity contribution in [2.45, 2.75) is 31.2 Å². The Bertz CT molecular complexity index is 1380. The summed E-state index contributed by atoms with van der Waals surface area (Å²) >= 11 is 0. The highest BCUT2D eigenvalue weighted by Crippen LogP contribution is 2.45. The van der Waals surface area contributed by atoms with Crippen LogP contribution in [0.25, 0.3) is 16.8 Å². The molecule has 3 aliphatic rings. The van der Waals surface area contributed by atoms with E-state index >= 15 is 0 Å². The molecule has 1 atom stereocenters. The van der Waals surface area contributed by atoms with E-state index in [1.807, 2.05) is 16.7 Å². The monoisotopic (exact) mass is 430 g/mol. The third-order valence-corrected chi connectivity index (χ3v) is 6.52. The molecule has 0 amide bonds. The highest BCUT2D eigenvalue weighted by atomic mass is 19.1. The minimum atomic E-state index is -0.248. The lowest BCUT2D eigenvalue weighted by Gasteiger charge is -2.17. The van der Waals surface area contributed by atoms with Gasteiger partial charge in [0.15, 0.2) is 17.2 Å². The molecule has 1 N–H and O–H groups in total. The van der Waals surface area contributed by atoms with Crippen LogP contribution in [0.3, 0.4) is 0 Å². The van der Waals surface area contributed by atoms with Crippen molar-refractivity contribution in [3.63, 3.8) is 0 Å². The molecule has 1 saturated carbocycles.